The Bertz CT molecular complexity index is 143. The van der Waals surface area contributed by atoms with E-state index in [9.17, 15) is 0 Å². The highest BCUT2D eigenvalue weighted by molar-refractivity contribution is 7.80. The monoisotopic (exact) mass is 125 g/mol. The van der Waals surface area contributed by atoms with Gasteiger partial charge in [0.1, 0.15) is 0 Å². The van der Waals surface area contributed by atoms with Gasteiger partial charge in [0, 0.05) is 12.3 Å². The van der Waals surface area contributed by atoms with Crippen molar-refractivity contribution in [1.82, 2.24) is 5.32 Å². The van der Waals surface area contributed by atoms with Crippen molar-refractivity contribution in [3.8, 4) is 6.07 Å². The molecule has 0 aliphatic carbocycles. The predicted octanol–water partition coefficient (Wildman–Crippen LogP) is 0.975. The van der Waals surface area contributed by atoms with Gasteiger partial charge in [-0.3, -0.25) is 0 Å². The van der Waals surface area contributed by atoms with Crippen LogP contribution in [0.3, 0.4) is 0 Å². The standard InChI is InChI=1S/C5H5N2S/c1-5(8)7-4-2-3-6/h2,4H,1H3/b4-2+. The topological polar surface area (TPSA) is 37.9 Å². The first-order valence-corrected chi connectivity index (χ1v) is 2.44. The summed E-state index contributed by atoms with van der Waals surface area (Å²) >= 11 is 4.58. The van der Waals surface area contributed by atoms with Crippen LogP contribution < -0.4 is 5.32 Å². The summed E-state index contributed by atoms with van der Waals surface area (Å²) in [5, 5.41) is 11.6. The minimum atomic E-state index is 0.538. The van der Waals surface area contributed by atoms with Gasteiger partial charge in [-0.15, -0.1) is 0 Å². The van der Waals surface area contributed by atoms with Gasteiger partial charge in [-0.05, 0) is 6.92 Å². The van der Waals surface area contributed by atoms with E-state index in [-0.39, 0.29) is 0 Å². The normalized spacial score (nSPS) is 8.50. The number of nitrogens with zero attached hydrogens (tertiary/aromatic N) is 2. The van der Waals surface area contributed by atoms with Gasteiger partial charge < -0.3 is 0 Å². The van der Waals surface area contributed by atoms with E-state index in [2.05, 4.69) is 17.5 Å². The Kier molecular flexibility index (Phi) is 3.81. The highest BCUT2D eigenvalue weighted by atomic mass is 32.1. The Hall–Kier alpha value is -0.880. The fourth-order valence-electron chi connectivity index (χ4n) is 0.176. The number of allylic oxidation sites excluding steroid dienone is 1. The summed E-state index contributed by atoms with van der Waals surface area (Å²) in [7, 11) is 0. The van der Waals surface area contributed by atoms with Crippen LogP contribution in [0.25, 0.3) is 0 Å². The van der Waals surface area contributed by atoms with Crippen LogP contribution >= 0.6 is 12.2 Å². The maximum atomic E-state index is 7.94. The molecule has 0 aliphatic rings. The average Bonchev–Trinajstić information content (AvgIpc) is 1.66. The molecule has 0 rings (SSSR count). The van der Waals surface area contributed by atoms with Gasteiger partial charge in [0.15, 0.2) is 0 Å². The Morgan fingerprint density at radius 2 is 2.50 bits per heavy atom. The molecule has 0 spiro atoms. The summed E-state index contributed by atoms with van der Waals surface area (Å²) in [5.74, 6) is 0. The highest BCUT2D eigenvalue weighted by Gasteiger charge is 1.77. The number of thiocarbonyl (C=S) groups is 1. The second-order valence-electron chi connectivity index (χ2n) is 1.09. The molecular weight excluding hydrogens is 120 g/mol. The zero-order valence-electron chi connectivity index (χ0n) is 4.46. The molecule has 3 heteroatoms. The summed E-state index contributed by atoms with van der Waals surface area (Å²) in [4.78, 5) is 0.538. The van der Waals surface area contributed by atoms with Crippen LogP contribution in [0.2, 0.25) is 0 Å². The van der Waals surface area contributed by atoms with E-state index in [0.717, 1.165) is 0 Å². The first-order valence-electron chi connectivity index (χ1n) is 2.03. The molecule has 0 bridgehead atoms. The molecule has 2 nitrogen and oxygen atoms in total. The van der Waals surface area contributed by atoms with Crippen molar-refractivity contribution in [2.24, 2.45) is 0 Å². The van der Waals surface area contributed by atoms with Crippen molar-refractivity contribution in [2.45, 2.75) is 6.92 Å². The number of hydrogen-bond donors (Lipinski definition) is 0. The second-order valence-corrected chi connectivity index (χ2v) is 1.68. The van der Waals surface area contributed by atoms with Crippen LogP contribution in [0.4, 0.5) is 0 Å². The molecule has 0 atom stereocenters. The lowest BCUT2D eigenvalue weighted by Gasteiger charge is -1.83. The Labute approximate surface area is 53.8 Å². The molecule has 0 saturated heterocycles. The van der Waals surface area contributed by atoms with Crippen LogP contribution in [-0.2, 0) is 0 Å². The molecule has 8 heavy (non-hydrogen) atoms. The molecular formula is C5H5N2S. The summed E-state index contributed by atoms with van der Waals surface area (Å²) in [6.45, 7) is 1.69. The van der Waals surface area contributed by atoms with Crippen molar-refractivity contribution in [3.63, 3.8) is 0 Å². The van der Waals surface area contributed by atoms with E-state index in [0.29, 0.717) is 4.99 Å². The van der Waals surface area contributed by atoms with Crippen LogP contribution in [0.5, 0.6) is 0 Å². The fourth-order valence-corrected chi connectivity index (χ4v) is 0.236. The van der Waals surface area contributed by atoms with Gasteiger partial charge in [-0.25, -0.2) is 5.32 Å². The zero-order chi connectivity index (χ0) is 6.41. The third-order valence-corrected chi connectivity index (χ3v) is 0.511. The van der Waals surface area contributed by atoms with Gasteiger partial charge >= 0.3 is 0 Å². The van der Waals surface area contributed by atoms with Crippen molar-refractivity contribution in [2.75, 3.05) is 0 Å². The van der Waals surface area contributed by atoms with Gasteiger partial charge in [0.25, 0.3) is 0 Å². The lowest BCUT2D eigenvalue weighted by Crippen LogP contribution is -1.98. The summed E-state index contributed by atoms with van der Waals surface area (Å²) < 4.78 is 0. The first-order chi connectivity index (χ1) is 3.77. The third-order valence-electron chi connectivity index (χ3n) is 0.405. The van der Waals surface area contributed by atoms with Crippen molar-refractivity contribution in [3.05, 3.63) is 12.3 Å². The van der Waals surface area contributed by atoms with Gasteiger partial charge in [0.2, 0.25) is 0 Å². The molecule has 1 radical (unpaired) electrons. The Morgan fingerprint density at radius 1 is 1.88 bits per heavy atom. The van der Waals surface area contributed by atoms with E-state index >= 15 is 0 Å². The minimum Gasteiger partial charge on any atom is -0.249 e. The average molecular weight is 125 g/mol. The van der Waals surface area contributed by atoms with E-state index in [1.807, 2.05) is 0 Å². The van der Waals surface area contributed by atoms with Crippen molar-refractivity contribution >= 4 is 17.2 Å². The predicted molar refractivity (Wildman–Crippen MR) is 35.2 cm³/mol. The molecule has 0 fully saturated rings. The molecule has 0 unspecified atom stereocenters. The Balaban J connectivity index is 3.34. The molecule has 0 N–H and O–H groups in total. The summed E-state index contributed by atoms with van der Waals surface area (Å²) in [5.41, 5.74) is 0. The number of rotatable bonds is 1. The second kappa shape index (κ2) is 4.28. The van der Waals surface area contributed by atoms with E-state index < -0.39 is 0 Å². The molecule has 0 aromatic heterocycles. The maximum Gasteiger partial charge on any atom is 0.0998 e. The summed E-state index contributed by atoms with van der Waals surface area (Å²) in [6.07, 6.45) is 2.65. The molecule has 0 heterocycles. The fraction of sp³-hybridized carbons (Fsp3) is 0.200. The third kappa shape index (κ3) is 5.12. The lowest BCUT2D eigenvalue weighted by molar-refractivity contribution is 1.27. The number of hydrogen-bond acceptors (Lipinski definition) is 2. The van der Waals surface area contributed by atoms with Crippen LogP contribution in [0, 0.1) is 11.3 Å². The van der Waals surface area contributed by atoms with Gasteiger partial charge in [-0.2, -0.15) is 5.26 Å². The maximum absolute atomic E-state index is 7.94. The SMILES string of the molecule is CC(=S)[N]/C=C/C#N. The van der Waals surface area contributed by atoms with Crippen molar-refractivity contribution in [1.29, 1.82) is 5.26 Å². The molecule has 41 valence electrons. The van der Waals surface area contributed by atoms with E-state index in [1.165, 1.54) is 12.3 Å². The van der Waals surface area contributed by atoms with E-state index in [1.54, 1.807) is 13.0 Å². The first kappa shape index (κ1) is 7.12. The minimum absolute atomic E-state index is 0.538. The highest BCUT2D eigenvalue weighted by Crippen LogP contribution is 1.71. The zero-order valence-corrected chi connectivity index (χ0v) is 5.27. The molecule has 0 aromatic carbocycles. The molecule has 0 amide bonds. The van der Waals surface area contributed by atoms with Crippen LogP contribution in [0.15, 0.2) is 12.3 Å². The summed E-state index contributed by atoms with van der Waals surface area (Å²) in [6, 6.07) is 1.79. The van der Waals surface area contributed by atoms with Gasteiger partial charge in [-0.1, -0.05) is 12.2 Å². The number of nitriles is 1. The van der Waals surface area contributed by atoms with Crippen LogP contribution in [0.1, 0.15) is 6.92 Å². The van der Waals surface area contributed by atoms with Crippen molar-refractivity contribution < 1.29 is 0 Å². The molecule has 0 aliphatic heterocycles. The molecule has 0 saturated carbocycles. The van der Waals surface area contributed by atoms with Gasteiger partial charge in [0.05, 0.1) is 11.1 Å². The smallest absolute Gasteiger partial charge is 0.0998 e. The quantitative estimate of drug-likeness (QED) is 0.387. The largest absolute Gasteiger partial charge is 0.249 e. The van der Waals surface area contributed by atoms with Crippen LogP contribution in [-0.4, -0.2) is 4.99 Å². The lowest BCUT2D eigenvalue weighted by atomic mass is 10.6. The van der Waals surface area contributed by atoms with E-state index in [4.69, 9.17) is 5.26 Å². The molecule has 0 aromatic rings. The Morgan fingerprint density at radius 3 is 2.88 bits per heavy atom.